The lowest BCUT2D eigenvalue weighted by atomic mass is 10.1. The van der Waals surface area contributed by atoms with Crippen LogP contribution < -0.4 is 10.7 Å². The highest BCUT2D eigenvalue weighted by atomic mass is 35.5. The molecule has 2 unspecified atom stereocenters. The fraction of sp³-hybridized carbons (Fsp3) is 0.818. The lowest BCUT2D eigenvalue weighted by Crippen LogP contribution is -2.63. The number of nitrogens with one attached hydrogen (secondary N) is 2. The Kier molecular flexibility index (Phi) is 13.5. The highest BCUT2D eigenvalue weighted by Crippen LogP contribution is 2.24. The van der Waals surface area contributed by atoms with Crippen molar-refractivity contribution in [3.63, 3.8) is 0 Å². The topological polar surface area (TPSA) is 107 Å². The van der Waals surface area contributed by atoms with Crippen molar-refractivity contribution in [2.45, 2.75) is 96.2 Å². The van der Waals surface area contributed by atoms with Crippen LogP contribution in [0, 0.1) is 0 Å². The van der Waals surface area contributed by atoms with Gasteiger partial charge in [0.1, 0.15) is 18.7 Å². The number of halogens is 1. The smallest absolute Gasteiger partial charge is 0.419 e. The first-order valence-electron chi connectivity index (χ1n) is 12.2. The van der Waals surface area contributed by atoms with Gasteiger partial charge in [-0.2, -0.15) is 5.01 Å². The number of hydrogen-bond donors (Lipinski definition) is 3. The van der Waals surface area contributed by atoms with Gasteiger partial charge in [0.05, 0.1) is 6.17 Å². The Hall–Kier alpha value is -1.55. The lowest BCUT2D eigenvalue weighted by molar-refractivity contribution is -0.00419. The average Bonchev–Trinajstić information content (AvgIpc) is 2.78. The van der Waals surface area contributed by atoms with Crippen LogP contribution in [0.2, 0.25) is 0 Å². The molecule has 182 valence electrons. The fourth-order valence-electron chi connectivity index (χ4n) is 4.13. The first-order chi connectivity index (χ1) is 15.6. The summed E-state index contributed by atoms with van der Waals surface area (Å²) in [5.74, 6) is 0.483. The molecule has 2 rings (SSSR count). The van der Waals surface area contributed by atoms with E-state index >= 15 is 0 Å². The van der Waals surface area contributed by atoms with Crippen molar-refractivity contribution in [3.8, 4) is 0 Å². The summed E-state index contributed by atoms with van der Waals surface area (Å²) in [5, 5.41) is 14.4. The molecule has 0 aromatic carbocycles. The van der Waals surface area contributed by atoms with E-state index in [2.05, 4.69) is 32.6 Å². The Labute approximate surface area is 197 Å². The number of unbranched alkanes of at least 4 members (excludes halogenated alkanes) is 11. The van der Waals surface area contributed by atoms with Crippen LogP contribution in [0.5, 0.6) is 0 Å². The van der Waals surface area contributed by atoms with Crippen molar-refractivity contribution in [2.24, 2.45) is 0 Å². The molecule has 1 fully saturated rings. The van der Waals surface area contributed by atoms with E-state index in [1.165, 1.54) is 83.3 Å². The molecule has 0 spiro atoms. The van der Waals surface area contributed by atoms with Crippen molar-refractivity contribution < 1.29 is 9.90 Å². The van der Waals surface area contributed by atoms with Crippen molar-refractivity contribution >= 4 is 17.9 Å². The maximum atomic E-state index is 11.4. The van der Waals surface area contributed by atoms with Gasteiger partial charge in [-0.3, -0.25) is 10.7 Å². The maximum Gasteiger partial charge on any atom is 0.419 e. The number of hydrogen-bond acceptors (Lipinski definition) is 7. The number of carboxylic acid groups (broad SMARTS) is 1. The molecule has 1 aromatic rings. The minimum Gasteiger partial charge on any atom is -0.464 e. The summed E-state index contributed by atoms with van der Waals surface area (Å²) in [6.45, 7) is 3.95. The van der Waals surface area contributed by atoms with Gasteiger partial charge in [0.15, 0.2) is 5.82 Å². The number of hydrazine groups is 1. The lowest BCUT2D eigenvalue weighted by Gasteiger charge is -2.43. The van der Waals surface area contributed by atoms with Crippen LogP contribution in [0.25, 0.3) is 0 Å². The van der Waals surface area contributed by atoms with Crippen LogP contribution in [0.1, 0.15) is 95.8 Å². The molecule has 1 aromatic heterocycles. The van der Waals surface area contributed by atoms with Gasteiger partial charge < -0.3 is 5.11 Å². The molecule has 10 heteroatoms. The number of aromatic nitrogens is 3. The summed E-state index contributed by atoms with van der Waals surface area (Å²) in [7, 11) is 0. The van der Waals surface area contributed by atoms with Crippen molar-refractivity contribution in [2.75, 3.05) is 19.6 Å². The monoisotopic (exact) mass is 469 g/mol. The first-order valence-corrected chi connectivity index (χ1v) is 12.5. The second-order valence-electron chi connectivity index (χ2n) is 8.52. The summed E-state index contributed by atoms with van der Waals surface area (Å²) in [5.41, 5.74) is 2.50. The largest absolute Gasteiger partial charge is 0.464 e. The van der Waals surface area contributed by atoms with Crippen molar-refractivity contribution in [1.82, 2.24) is 35.1 Å². The average molecular weight is 470 g/mol. The molecule has 0 saturated carbocycles. The number of nitrogens with zero attached hydrogens (tertiary/aromatic N) is 5. The molecule has 0 aliphatic carbocycles. The molecule has 0 bridgehead atoms. The zero-order valence-electron chi connectivity index (χ0n) is 19.4. The van der Waals surface area contributed by atoms with Crippen LogP contribution in [0.3, 0.4) is 0 Å². The van der Waals surface area contributed by atoms with E-state index in [9.17, 15) is 9.90 Å². The summed E-state index contributed by atoms with van der Waals surface area (Å²) in [6.07, 6.45) is 17.1. The van der Waals surface area contributed by atoms with Crippen LogP contribution in [-0.4, -0.2) is 61.4 Å². The van der Waals surface area contributed by atoms with E-state index in [0.29, 0.717) is 18.9 Å². The maximum absolute atomic E-state index is 11.4. The van der Waals surface area contributed by atoms with Gasteiger partial charge in [0.25, 0.3) is 0 Å². The van der Waals surface area contributed by atoms with Gasteiger partial charge in [-0.15, -0.1) is 0 Å². The Morgan fingerprint density at radius 1 is 1.00 bits per heavy atom. The minimum atomic E-state index is -1.12. The van der Waals surface area contributed by atoms with Gasteiger partial charge in [-0.05, 0) is 24.7 Å². The van der Waals surface area contributed by atoms with Crippen LogP contribution >= 0.6 is 11.8 Å². The Morgan fingerprint density at radius 3 is 2.12 bits per heavy atom. The quantitative estimate of drug-likeness (QED) is 0.240. The first kappa shape index (κ1) is 26.7. The zero-order chi connectivity index (χ0) is 23.0. The van der Waals surface area contributed by atoms with E-state index in [1.807, 2.05) is 0 Å². The summed E-state index contributed by atoms with van der Waals surface area (Å²) in [6, 6.07) is -0.403. The normalized spacial score (nSPS) is 19.8. The third-order valence-corrected chi connectivity index (χ3v) is 6.14. The van der Waals surface area contributed by atoms with Crippen LogP contribution in [0.4, 0.5) is 4.79 Å². The van der Waals surface area contributed by atoms with E-state index < -0.39 is 12.1 Å². The minimum absolute atomic E-state index is 0.271. The standard InChI is InChI=1S/C22H40ClN7O2/c1-2-3-4-5-6-7-8-9-10-11-12-13-14-25-20-16-29(23)15-19(30(20)28-22(31)32)21-26-17-24-18-27-21/h17-20,25,28H,2-16H2,1H3,(H,31,32). The number of piperazine rings is 1. The van der Waals surface area contributed by atoms with E-state index in [0.717, 1.165) is 13.0 Å². The molecule has 1 aliphatic rings. The molecule has 9 nitrogen and oxygen atoms in total. The predicted molar refractivity (Wildman–Crippen MR) is 126 cm³/mol. The second kappa shape index (κ2) is 16.1. The van der Waals surface area contributed by atoms with Gasteiger partial charge in [0, 0.05) is 13.1 Å². The zero-order valence-corrected chi connectivity index (χ0v) is 20.1. The van der Waals surface area contributed by atoms with Crippen LogP contribution in [0.15, 0.2) is 12.7 Å². The fourth-order valence-corrected chi connectivity index (χ4v) is 4.39. The van der Waals surface area contributed by atoms with Crippen molar-refractivity contribution in [3.05, 3.63) is 18.5 Å². The van der Waals surface area contributed by atoms with Crippen LogP contribution in [-0.2, 0) is 0 Å². The van der Waals surface area contributed by atoms with Gasteiger partial charge in [-0.25, -0.2) is 24.2 Å². The molecule has 1 amide bonds. The number of carbonyl (C=O) groups is 1. The molecule has 2 heterocycles. The summed E-state index contributed by atoms with van der Waals surface area (Å²) < 4.78 is 1.65. The van der Waals surface area contributed by atoms with E-state index in [-0.39, 0.29) is 6.17 Å². The molecule has 2 atom stereocenters. The summed E-state index contributed by atoms with van der Waals surface area (Å²) >= 11 is 6.34. The Balaban J connectivity index is 1.65. The predicted octanol–water partition coefficient (Wildman–Crippen LogP) is 4.48. The molecule has 0 radical (unpaired) electrons. The Morgan fingerprint density at radius 2 is 1.56 bits per heavy atom. The van der Waals surface area contributed by atoms with Crippen molar-refractivity contribution in [1.29, 1.82) is 0 Å². The third-order valence-electron chi connectivity index (χ3n) is 5.86. The molecule has 3 N–H and O–H groups in total. The number of amides is 1. The highest BCUT2D eigenvalue weighted by Gasteiger charge is 2.37. The second-order valence-corrected chi connectivity index (χ2v) is 9.00. The van der Waals surface area contributed by atoms with E-state index in [4.69, 9.17) is 11.8 Å². The summed E-state index contributed by atoms with van der Waals surface area (Å²) in [4.78, 5) is 23.6. The molecule has 1 saturated heterocycles. The SMILES string of the molecule is CCCCCCCCCCCCCCNC1CN(Cl)CC(c2ncncn2)N1NC(=O)O. The Bertz CT molecular complexity index is 626. The van der Waals surface area contributed by atoms with Gasteiger partial charge in [-0.1, -0.05) is 77.6 Å². The van der Waals surface area contributed by atoms with Gasteiger partial charge in [0.2, 0.25) is 0 Å². The third kappa shape index (κ3) is 10.4. The van der Waals surface area contributed by atoms with E-state index in [1.54, 1.807) is 9.43 Å². The number of rotatable bonds is 16. The van der Waals surface area contributed by atoms with Gasteiger partial charge >= 0.3 is 6.09 Å². The highest BCUT2D eigenvalue weighted by molar-refractivity contribution is 6.13. The molecule has 1 aliphatic heterocycles. The molecule has 32 heavy (non-hydrogen) atoms. The molecular weight excluding hydrogens is 430 g/mol. The molecular formula is C22H40ClN7O2.